The number of piperazine rings is 1. The standard InChI is InChI=1S/C14H24N6OS/c1-11(2)12(21)16-3-4-17-13(15)19-6-8-20(9-7-19)14-18-5-10-22-14/h5,10-11H,3-4,6-9H2,1-2H3,(H2,15,17)(H,16,21). The Hall–Kier alpha value is -1.83. The third-order valence-corrected chi connectivity index (χ3v) is 4.33. The number of aromatic nitrogens is 1. The second-order valence-corrected chi connectivity index (χ2v) is 6.35. The average molecular weight is 324 g/mol. The van der Waals surface area contributed by atoms with E-state index in [0.29, 0.717) is 19.0 Å². The second kappa shape index (κ2) is 7.98. The molecule has 1 aromatic heterocycles. The summed E-state index contributed by atoms with van der Waals surface area (Å²) in [5, 5.41) is 5.88. The molecule has 22 heavy (non-hydrogen) atoms. The molecule has 2 rings (SSSR count). The van der Waals surface area contributed by atoms with E-state index in [1.807, 2.05) is 25.4 Å². The number of guanidine groups is 1. The minimum atomic E-state index is 0.000245. The van der Waals surface area contributed by atoms with E-state index in [2.05, 4.69) is 25.1 Å². The molecule has 1 aliphatic rings. The lowest BCUT2D eigenvalue weighted by molar-refractivity contribution is -0.123. The van der Waals surface area contributed by atoms with Crippen molar-refractivity contribution < 1.29 is 4.79 Å². The zero-order chi connectivity index (χ0) is 15.9. The van der Waals surface area contributed by atoms with Gasteiger partial charge in [0.25, 0.3) is 0 Å². The topological polar surface area (TPSA) is 86.8 Å². The van der Waals surface area contributed by atoms with Crippen molar-refractivity contribution in [2.75, 3.05) is 44.2 Å². The number of amides is 1. The Kier molecular flexibility index (Phi) is 6.00. The quantitative estimate of drug-likeness (QED) is 0.464. The minimum Gasteiger partial charge on any atom is -0.370 e. The number of hydrogen-bond acceptors (Lipinski definition) is 5. The Balaban J connectivity index is 1.71. The molecule has 0 unspecified atom stereocenters. The van der Waals surface area contributed by atoms with Crippen LogP contribution in [0.4, 0.5) is 5.13 Å². The van der Waals surface area contributed by atoms with Crippen LogP contribution >= 0.6 is 11.3 Å². The molecule has 0 radical (unpaired) electrons. The van der Waals surface area contributed by atoms with Crippen LogP contribution in [-0.4, -0.2) is 61.0 Å². The van der Waals surface area contributed by atoms with E-state index >= 15 is 0 Å². The van der Waals surface area contributed by atoms with Gasteiger partial charge in [-0.1, -0.05) is 13.8 Å². The molecule has 0 spiro atoms. The van der Waals surface area contributed by atoms with E-state index in [1.165, 1.54) is 0 Å². The lowest BCUT2D eigenvalue weighted by Crippen LogP contribution is -2.51. The van der Waals surface area contributed by atoms with Gasteiger partial charge in [-0.05, 0) is 0 Å². The summed E-state index contributed by atoms with van der Waals surface area (Å²) in [6.07, 6.45) is 1.83. The monoisotopic (exact) mass is 324 g/mol. The number of nitrogens with zero attached hydrogens (tertiary/aromatic N) is 4. The van der Waals surface area contributed by atoms with Crippen molar-refractivity contribution in [2.45, 2.75) is 13.8 Å². The molecule has 122 valence electrons. The van der Waals surface area contributed by atoms with Gasteiger partial charge in [0, 0.05) is 50.2 Å². The van der Waals surface area contributed by atoms with Crippen LogP contribution in [0.3, 0.4) is 0 Å². The first kappa shape index (κ1) is 16.5. The number of hydrogen-bond donors (Lipinski definition) is 2. The summed E-state index contributed by atoms with van der Waals surface area (Å²) >= 11 is 1.66. The third kappa shape index (κ3) is 4.59. The fourth-order valence-electron chi connectivity index (χ4n) is 2.15. The predicted molar refractivity (Wildman–Crippen MR) is 90.2 cm³/mol. The molecule has 1 saturated heterocycles. The lowest BCUT2D eigenvalue weighted by Gasteiger charge is -2.35. The van der Waals surface area contributed by atoms with Crippen molar-refractivity contribution in [2.24, 2.45) is 16.6 Å². The number of rotatable bonds is 5. The number of thiazole rings is 1. The molecule has 1 aliphatic heterocycles. The maximum atomic E-state index is 11.4. The van der Waals surface area contributed by atoms with Crippen LogP contribution in [0, 0.1) is 5.92 Å². The van der Waals surface area contributed by atoms with Crippen LogP contribution < -0.4 is 16.0 Å². The minimum absolute atomic E-state index is 0.000245. The zero-order valence-electron chi connectivity index (χ0n) is 13.2. The average Bonchev–Trinajstić information content (AvgIpc) is 3.05. The molecule has 0 saturated carbocycles. The first-order valence-corrected chi connectivity index (χ1v) is 8.43. The van der Waals surface area contributed by atoms with Crippen LogP contribution in [0.2, 0.25) is 0 Å². The van der Waals surface area contributed by atoms with E-state index in [4.69, 9.17) is 5.73 Å². The molecule has 8 heteroatoms. The van der Waals surface area contributed by atoms with E-state index < -0.39 is 0 Å². The van der Waals surface area contributed by atoms with Crippen molar-refractivity contribution in [1.29, 1.82) is 0 Å². The summed E-state index contributed by atoms with van der Waals surface area (Å²) in [6.45, 7) is 8.25. The van der Waals surface area contributed by atoms with Gasteiger partial charge in [0.1, 0.15) is 0 Å². The fraction of sp³-hybridized carbons (Fsp3) is 0.643. The van der Waals surface area contributed by atoms with Gasteiger partial charge in [-0.3, -0.25) is 9.79 Å². The third-order valence-electron chi connectivity index (χ3n) is 3.50. The Morgan fingerprint density at radius 2 is 2.18 bits per heavy atom. The normalized spacial score (nSPS) is 16.2. The Morgan fingerprint density at radius 3 is 2.77 bits per heavy atom. The van der Waals surface area contributed by atoms with E-state index in [-0.39, 0.29) is 11.8 Å². The summed E-state index contributed by atoms with van der Waals surface area (Å²) in [4.78, 5) is 24.4. The van der Waals surface area contributed by atoms with Gasteiger partial charge in [0.15, 0.2) is 11.1 Å². The molecule has 1 aromatic rings. The Morgan fingerprint density at radius 1 is 1.45 bits per heavy atom. The van der Waals surface area contributed by atoms with Gasteiger partial charge >= 0.3 is 0 Å². The predicted octanol–water partition coefficient (Wildman–Crippen LogP) is 0.352. The molecule has 0 aromatic carbocycles. The number of nitrogens with two attached hydrogens (primary N) is 1. The molecule has 0 aliphatic carbocycles. The molecule has 0 bridgehead atoms. The van der Waals surface area contributed by atoms with Crippen molar-refractivity contribution in [3.8, 4) is 0 Å². The number of anilines is 1. The van der Waals surface area contributed by atoms with Crippen LogP contribution in [0.1, 0.15) is 13.8 Å². The highest BCUT2D eigenvalue weighted by Crippen LogP contribution is 2.18. The maximum absolute atomic E-state index is 11.4. The van der Waals surface area contributed by atoms with Crippen LogP contribution in [0.5, 0.6) is 0 Å². The first-order valence-electron chi connectivity index (χ1n) is 7.55. The summed E-state index contributed by atoms with van der Waals surface area (Å²) in [7, 11) is 0. The molecule has 7 nitrogen and oxygen atoms in total. The van der Waals surface area contributed by atoms with Crippen molar-refractivity contribution in [3.05, 3.63) is 11.6 Å². The van der Waals surface area contributed by atoms with E-state index in [1.54, 1.807) is 11.3 Å². The number of carbonyl (C=O) groups is 1. The van der Waals surface area contributed by atoms with E-state index in [0.717, 1.165) is 31.3 Å². The van der Waals surface area contributed by atoms with Crippen LogP contribution in [-0.2, 0) is 4.79 Å². The van der Waals surface area contributed by atoms with Crippen molar-refractivity contribution in [1.82, 2.24) is 15.2 Å². The molecule has 1 fully saturated rings. The zero-order valence-corrected chi connectivity index (χ0v) is 14.0. The van der Waals surface area contributed by atoms with Crippen LogP contribution in [0.15, 0.2) is 16.6 Å². The largest absolute Gasteiger partial charge is 0.370 e. The summed E-state index contributed by atoms with van der Waals surface area (Å²) < 4.78 is 0. The molecule has 0 atom stereocenters. The molecule has 3 N–H and O–H groups in total. The van der Waals surface area contributed by atoms with Gasteiger partial charge in [0.2, 0.25) is 5.91 Å². The SMILES string of the molecule is CC(C)C(=O)NCCN=C(N)N1CCN(c2nccs2)CC1. The molecular weight excluding hydrogens is 300 g/mol. The number of nitrogens with one attached hydrogen (secondary N) is 1. The highest BCUT2D eigenvalue weighted by molar-refractivity contribution is 7.13. The highest BCUT2D eigenvalue weighted by Gasteiger charge is 2.19. The number of aliphatic imine (C=N–C) groups is 1. The summed E-state index contributed by atoms with van der Waals surface area (Å²) in [6, 6.07) is 0. The fourth-order valence-corrected chi connectivity index (χ4v) is 2.85. The summed E-state index contributed by atoms with van der Waals surface area (Å²) in [5.41, 5.74) is 6.02. The molecule has 1 amide bonds. The van der Waals surface area contributed by atoms with Gasteiger partial charge < -0.3 is 20.9 Å². The van der Waals surface area contributed by atoms with Gasteiger partial charge in [0.05, 0.1) is 6.54 Å². The first-order chi connectivity index (χ1) is 10.6. The Bertz CT molecular complexity index is 493. The van der Waals surface area contributed by atoms with Crippen molar-refractivity contribution in [3.63, 3.8) is 0 Å². The highest BCUT2D eigenvalue weighted by atomic mass is 32.1. The Labute approximate surface area is 135 Å². The van der Waals surface area contributed by atoms with Crippen molar-refractivity contribution >= 4 is 28.3 Å². The van der Waals surface area contributed by atoms with Gasteiger partial charge in [-0.25, -0.2) is 4.98 Å². The smallest absolute Gasteiger partial charge is 0.222 e. The van der Waals surface area contributed by atoms with E-state index in [9.17, 15) is 4.79 Å². The lowest BCUT2D eigenvalue weighted by atomic mass is 10.2. The summed E-state index contributed by atoms with van der Waals surface area (Å²) in [5.74, 6) is 0.601. The molecular formula is C14H24N6OS. The maximum Gasteiger partial charge on any atom is 0.222 e. The number of carbonyl (C=O) groups excluding carboxylic acids is 1. The van der Waals surface area contributed by atoms with Crippen LogP contribution in [0.25, 0.3) is 0 Å². The van der Waals surface area contributed by atoms with Gasteiger partial charge in [-0.15, -0.1) is 11.3 Å². The second-order valence-electron chi connectivity index (χ2n) is 5.47. The molecule has 2 heterocycles. The van der Waals surface area contributed by atoms with Gasteiger partial charge in [-0.2, -0.15) is 0 Å².